The van der Waals surface area contributed by atoms with Crippen LogP contribution in [0.2, 0.25) is 5.02 Å². The number of nitrogens with one attached hydrogen (secondary N) is 2. The summed E-state index contributed by atoms with van der Waals surface area (Å²) >= 11 is 5.68. The van der Waals surface area contributed by atoms with E-state index in [0.717, 1.165) is 6.07 Å². The normalized spacial score (nSPS) is 12.1. The van der Waals surface area contributed by atoms with Crippen molar-refractivity contribution in [2.75, 3.05) is 13.1 Å². The SMILES string of the molecule is CC(C)(C)OC(=O)NCC(F)(F)CNCc1cc(F)cc(Cl)c1. The number of amides is 1. The summed E-state index contributed by atoms with van der Waals surface area (Å²) in [7, 11) is 0. The molecule has 130 valence electrons. The molecule has 0 fully saturated rings. The number of alkyl carbamates (subject to hydrolysis) is 1. The second-order valence-electron chi connectivity index (χ2n) is 6.09. The zero-order valence-corrected chi connectivity index (χ0v) is 13.9. The Morgan fingerprint density at radius 3 is 2.43 bits per heavy atom. The second-order valence-corrected chi connectivity index (χ2v) is 6.53. The Bertz CT molecular complexity index is 528. The fourth-order valence-corrected chi connectivity index (χ4v) is 1.93. The minimum absolute atomic E-state index is 0.0273. The Hall–Kier alpha value is -1.47. The van der Waals surface area contributed by atoms with Gasteiger partial charge in [-0.05, 0) is 44.5 Å². The van der Waals surface area contributed by atoms with Crippen molar-refractivity contribution in [1.82, 2.24) is 10.6 Å². The van der Waals surface area contributed by atoms with Crippen LogP contribution < -0.4 is 10.6 Å². The van der Waals surface area contributed by atoms with E-state index in [1.54, 1.807) is 20.8 Å². The van der Waals surface area contributed by atoms with E-state index in [1.807, 2.05) is 5.32 Å². The summed E-state index contributed by atoms with van der Waals surface area (Å²) in [6.45, 7) is 3.39. The highest BCUT2D eigenvalue weighted by Gasteiger charge is 2.30. The van der Waals surface area contributed by atoms with E-state index < -0.39 is 36.5 Å². The first kappa shape index (κ1) is 19.6. The number of ether oxygens (including phenoxy) is 1. The first-order valence-corrected chi connectivity index (χ1v) is 7.35. The summed E-state index contributed by atoms with van der Waals surface area (Å²) in [5.74, 6) is -3.71. The van der Waals surface area contributed by atoms with Gasteiger partial charge >= 0.3 is 6.09 Å². The Balaban J connectivity index is 2.39. The Labute approximate surface area is 138 Å². The fraction of sp³-hybridized carbons (Fsp3) is 0.533. The van der Waals surface area contributed by atoms with E-state index in [1.165, 1.54) is 12.1 Å². The van der Waals surface area contributed by atoms with Crippen molar-refractivity contribution >= 4 is 17.7 Å². The summed E-state index contributed by atoms with van der Waals surface area (Å²) < 4.78 is 45.3. The highest BCUT2D eigenvalue weighted by Crippen LogP contribution is 2.15. The molecule has 0 aliphatic rings. The Morgan fingerprint density at radius 1 is 1.22 bits per heavy atom. The lowest BCUT2D eigenvalue weighted by Crippen LogP contribution is -2.44. The molecule has 1 aromatic rings. The standard InChI is InChI=1S/C15H20ClF3N2O2/c1-14(2,3)23-13(22)21-9-15(18,19)8-20-7-10-4-11(16)6-12(17)5-10/h4-6,20H,7-9H2,1-3H3,(H,21,22). The Morgan fingerprint density at radius 2 is 1.87 bits per heavy atom. The third kappa shape index (κ3) is 8.66. The molecule has 4 nitrogen and oxygen atoms in total. The predicted molar refractivity (Wildman–Crippen MR) is 82.3 cm³/mol. The molecule has 23 heavy (non-hydrogen) atoms. The quantitative estimate of drug-likeness (QED) is 0.820. The number of hydrogen-bond acceptors (Lipinski definition) is 3. The second kappa shape index (κ2) is 7.88. The smallest absolute Gasteiger partial charge is 0.407 e. The molecule has 0 atom stereocenters. The van der Waals surface area contributed by atoms with Crippen LogP contribution in [0, 0.1) is 5.82 Å². The van der Waals surface area contributed by atoms with Gasteiger partial charge in [0.05, 0.1) is 13.1 Å². The van der Waals surface area contributed by atoms with Gasteiger partial charge in [0.15, 0.2) is 0 Å². The van der Waals surface area contributed by atoms with Crippen LogP contribution in [0.15, 0.2) is 18.2 Å². The van der Waals surface area contributed by atoms with Gasteiger partial charge in [-0.2, -0.15) is 0 Å². The molecule has 2 N–H and O–H groups in total. The van der Waals surface area contributed by atoms with Crippen molar-refractivity contribution in [2.45, 2.75) is 38.8 Å². The van der Waals surface area contributed by atoms with E-state index in [0.29, 0.717) is 5.56 Å². The van der Waals surface area contributed by atoms with Crippen LogP contribution in [0.4, 0.5) is 18.0 Å². The van der Waals surface area contributed by atoms with E-state index >= 15 is 0 Å². The van der Waals surface area contributed by atoms with Crippen molar-refractivity contribution in [3.63, 3.8) is 0 Å². The highest BCUT2D eigenvalue weighted by atomic mass is 35.5. The lowest BCUT2D eigenvalue weighted by molar-refractivity contribution is -0.00376. The van der Waals surface area contributed by atoms with Gasteiger partial charge in [-0.15, -0.1) is 0 Å². The first-order chi connectivity index (χ1) is 10.5. The molecule has 0 aromatic heterocycles. The van der Waals surface area contributed by atoms with E-state index in [-0.39, 0.29) is 11.6 Å². The van der Waals surface area contributed by atoms with Gasteiger partial charge in [-0.3, -0.25) is 0 Å². The number of benzene rings is 1. The van der Waals surface area contributed by atoms with Crippen LogP contribution in [0.1, 0.15) is 26.3 Å². The summed E-state index contributed by atoms with van der Waals surface area (Å²) in [6, 6.07) is 3.81. The molecular weight excluding hydrogens is 333 g/mol. The van der Waals surface area contributed by atoms with Crippen molar-refractivity contribution in [2.24, 2.45) is 0 Å². The largest absolute Gasteiger partial charge is 0.444 e. The maximum Gasteiger partial charge on any atom is 0.407 e. The number of halogens is 4. The van der Waals surface area contributed by atoms with Crippen LogP contribution in [0.3, 0.4) is 0 Å². The molecule has 1 aromatic carbocycles. The lowest BCUT2D eigenvalue weighted by Gasteiger charge is -2.22. The molecule has 0 unspecified atom stereocenters. The zero-order chi connectivity index (χ0) is 17.7. The predicted octanol–water partition coefficient (Wildman–Crippen LogP) is 3.73. The van der Waals surface area contributed by atoms with Gasteiger partial charge in [0.2, 0.25) is 0 Å². The van der Waals surface area contributed by atoms with E-state index in [2.05, 4.69) is 5.32 Å². The molecule has 0 bridgehead atoms. The number of alkyl halides is 2. The molecule has 0 heterocycles. The van der Waals surface area contributed by atoms with Crippen molar-refractivity contribution in [3.05, 3.63) is 34.6 Å². The maximum absolute atomic E-state index is 13.6. The topological polar surface area (TPSA) is 50.4 Å². The number of hydrogen-bond donors (Lipinski definition) is 2. The summed E-state index contributed by atoms with van der Waals surface area (Å²) in [6.07, 6.45) is -0.908. The van der Waals surface area contributed by atoms with Crippen LogP contribution in [-0.2, 0) is 11.3 Å². The molecule has 0 aliphatic heterocycles. The van der Waals surface area contributed by atoms with Crippen LogP contribution in [0.25, 0.3) is 0 Å². The minimum Gasteiger partial charge on any atom is -0.444 e. The molecule has 0 radical (unpaired) electrons. The number of carbonyl (C=O) groups excluding carboxylic acids is 1. The molecular formula is C15H20ClF3N2O2. The summed E-state index contributed by atoms with van der Waals surface area (Å²) in [5, 5.41) is 4.71. The van der Waals surface area contributed by atoms with E-state index in [9.17, 15) is 18.0 Å². The maximum atomic E-state index is 13.6. The van der Waals surface area contributed by atoms with Gasteiger partial charge in [-0.25, -0.2) is 18.0 Å². The van der Waals surface area contributed by atoms with Crippen molar-refractivity contribution < 1.29 is 22.7 Å². The highest BCUT2D eigenvalue weighted by molar-refractivity contribution is 6.30. The molecule has 0 aliphatic carbocycles. The minimum atomic E-state index is -3.17. The van der Waals surface area contributed by atoms with Crippen LogP contribution >= 0.6 is 11.6 Å². The van der Waals surface area contributed by atoms with Crippen LogP contribution in [-0.4, -0.2) is 30.7 Å². The average molecular weight is 353 g/mol. The molecule has 1 amide bonds. The monoisotopic (exact) mass is 352 g/mol. The van der Waals surface area contributed by atoms with E-state index in [4.69, 9.17) is 16.3 Å². The van der Waals surface area contributed by atoms with Gasteiger partial charge in [0, 0.05) is 11.6 Å². The number of carbonyl (C=O) groups is 1. The van der Waals surface area contributed by atoms with Gasteiger partial charge < -0.3 is 15.4 Å². The molecule has 0 spiro atoms. The third-order valence-corrected chi connectivity index (χ3v) is 2.74. The van der Waals surface area contributed by atoms with Crippen LogP contribution in [0.5, 0.6) is 0 Å². The van der Waals surface area contributed by atoms with Gasteiger partial charge in [-0.1, -0.05) is 11.6 Å². The first-order valence-electron chi connectivity index (χ1n) is 6.97. The number of rotatable bonds is 6. The molecule has 1 rings (SSSR count). The molecule has 0 saturated heterocycles. The van der Waals surface area contributed by atoms with Crippen molar-refractivity contribution in [1.29, 1.82) is 0 Å². The Kier molecular flexibility index (Phi) is 6.70. The van der Waals surface area contributed by atoms with Gasteiger partial charge in [0.1, 0.15) is 11.4 Å². The summed E-state index contributed by atoms with van der Waals surface area (Å²) in [4.78, 5) is 11.3. The summed E-state index contributed by atoms with van der Waals surface area (Å²) in [5.41, 5.74) is -0.306. The average Bonchev–Trinajstić information content (AvgIpc) is 2.33. The van der Waals surface area contributed by atoms with Crippen molar-refractivity contribution in [3.8, 4) is 0 Å². The fourth-order valence-electron chi connectivity index (χ4n) is 1.68. The zero-order valence-electron chi connectivity index (χ0n) is 13.2. The third-order valence-electron chi connectivity index (χ3n) is 2.53. The molecule has 0 saturated carbocycles. The lowest BCUT2D eigenvalue weighted by atomic mass is 10.2. The van der Waals surface area contributed by atoms with Gasteiger partial charge in [0.25, 0.3) is 5.92 Å². The molecule has 8 heteroatoms.